The van der Waals surface area contributed by atoms with E-state index in [0.717, 1.165) is 90.0 Å². The molecule has 0 aromatic rings. The van der Waals surface area contributed by atoms with Crippen LogP contribution in [0.25, 0.3) is 0 Å². The molecule has 4 fully saturated rings. The second-order valence-corrected chi connectivity index (χ2v) is 19.0. The minimum absolute atomic E-state index is 0.742. The maximum Gasteiger partial charge on any atom is 0.303 e. The Balaban J connectivity index is 2.02. The minimum Gasteiger partial charge on any atom is -0.463 e. The van der Waals surface area contributed by atoms with Crippen LogP contribution in [-0.2, 0) is 152 Å². The molecule has 0 aliphatic carbocycles. The molecule has 0 saturated carbocycles. The van der Waals surface area contributed by atoms with Gasteiger partial charge >= 0.3 is 71.6 Å². The summed E-state index contributed by atoms with van der Waals surface area (Å²) in [4.78, 5) is 166. The average Bonchev–Trinajstić information content (AvgIpc) is 1.67. The molecule has 472 valence electrons. The van der Waals surface area contributed by atoms with Crippen molar-refractivity contribution >= 4 is 77.5 Å². The van der Waals surface area contributed by atoms with Crippen LogP contribution < -0.4 is 5.32 Å². The van der Waals surface area contributed by atoms with Crippen molar-refractivity contribution in [2.45, 2.75) is 213 Å². The molecular weight excluding hydrogens is 1140 g/mol. The molecule has 2 N–H and O–H groups in total. The van der Waals surface area contributed by atoms with E-state index in [9.17, 15) is 67.4 Å². The summed E-state index contributed by atoms with van der Waals surface area (Å²) in [6.45, 7) is 9.14. The summed E-state index contributed by atoms with van der Waals surface area (Å²) in [5, 5.41) is 13.6. The number of rotatable bonds is 23. The lowest BCUT2D eigenvalue weighted by Gasteiger charge is -2.51. The molecule has 0 aromatic heterocycles. The molecule has 0 spiro atoms. The third-order valence-corrected chi connectivity index (χ3v) is 11.9. The number of hydrogen-bond donors (Lipinski definition) is 2. The number of aliphatic hydroxyl groups is 1. The molecule has 20 unspecified atom stereocenters. The van der Waals surface area contributed by atoms with Crippen molar-refractivity contribution in [3.8, 4) is 0 Å². The fourth-order valence-electron chi connectivity index (χ4n) is 9.16. The summed E-state index contributed by atoms with van der Waals surface area (Å²) >= 11 is 0. The van der Waals surface area contributed by atoms with Crippen LogP contribution in [0.2, 0.25) is 0 Å². The number of carbonyl (C=O) groups excluding carboxylic acids is 13. The Kier molecular flexibility index (Phi) is 26.1. The Morgan fingerprint density at radius 3 is 0.929 bits per heavy atom. The van der Waals surface area contributed by atoms with Crippen molar-refractivity contribution in [2.24, 2.45) is 0 Å². The van der Waals surface area contributed by atoms with E-state index in [1.54, 1.807) is 0 Å². The van der Waals surface area contributed by atoms with Gasteiger partial charge in [-0.05, 0) is 0 Å². The highest BCUT2D eigenvalue weighted by Crippen LogP contribution is 2.39. The normalized spacial score (nSPS) is 32.7. The summed E-state index contributed by atoms with van der Waals surface area (Å²) in [6, 6.07) is -1.92. The highest BCUT2D eigenvalue weighted by atomic mass is 16.8. The zero-order valence-corrected chi connectivity index (χ0v) is 47.9. The van der Waals surface area contributed by atoms with Crippen molar-refractivity contribution in [2.75, 3.05) is 26.4 Å². The molecule has 4 aliphatic rings. The van der Waals surface area contributed by atoms with Gasteiger partial charge in [0.1, 0.15) is 75.2 Å². The van der Waals surface area contributed by atoms with E-state index in [2.05, 4.69) is 5.32 Å². The lowest BCUT2D eigenvalue weighted by molar-refractivity contribution is -0.380. The molecule has 0 radical (unpaired) electrons. The monoisotopic (exact) mass is 1210 g/mol. The summed E-state index contributed by atoms with van der Waals surface area (Å²) in [5.74, 6) is -13.1. The molecule has 20 atom stereocenters. The van der Waals surface area contributed by atoms with Crippen LogP contribution in [0.1, 0.15) is 90.0 Å². The van der Waals surface area contributed by atoms with Gasteiger partial charge in [-0.1, -0.05) is 0 Å². The van der Waals surface area contributed by atoms with Crippen LogP contribution in [0.5, 0.6) is 0 Å². The Morgan fingerprint density at radius 2 is 0.560 bits per heavy atom. The second kappa shape index (κ2) is 31.6. The van der Waals surface area contributed by atoms with Gasteiger partial charge in [0, 0.05) is 90.0 Å². The Bertz CT molecular complexity index is 2410. The van der Waals surface area contributed by atoms with Gasteiger partial charge in [0.05, 0.1) is 0 Å². The molecule has 4 aliphatic heterocycles. The first-order chi connectivity index (χ1) is 39.3. The number of nitrogens with one attached hydrogen (secondary N) is 1. The van der Waals surface area contributed by atoms with Gasteiger partial charge in [-0.15, -0.1) is 0 Å². The van der Waals surface area contributed by atoms with Crippen LogP contribution in [0.4, 0.5) is 0 Å². The first-order valence-electron chi connectivity index (χ1n) is 25.7. The zero-order valence-electron chi connectivity index (χ0n) is 47.9. The molecule has 34 nitrogen and oxygen atoms in total. The van der Waals surface area contributed by atoms with E-state index < -0.39 is 227 Å². The predicted octanol–water partition coefficient (Wildman–Crippen LogP) is -2.76. The maximum absolute atomic E-state index is 13.4. The van der Waals surface area contributed by atoms with Crippen LogP contribution in [0, 0.1) is 0 Å². The van der Waals surface area contributed by atoms with Gasteiger partial charge in [-0.3, -0.25) is 62.3 Å². The smallest absolute Gasteiger partial charge is 0.303 e. The lowest BCUT2D eigenvalue weighted by atomic mass is 9.93. The number of aliphatic hydroxyl groups excluding tert-OH is 1. The van der Waals surface area contributed by atoms with Crippen LogP contribution in [0.15, 0.2) is 0 Å². The average molecular weight is 1210 g/mol. The van der Waals surface area contributed by atoms with Crippen molar-refractivity contribution in [3.05, 3.63) is 0 Å². The molecule has 34 heteroatoms. The summed E-state index contributed by atoms with van der Waals surface area (Å²) < 4.78 is 110. The van der Waals surface area contributed by atoms with Crippen LogP contribution >= 0.6 is 0 Å². The summed E-state index contributed by atoms with van der Waals surface area (Å²) in [5.41, 5.74) is 0. The molecule has 0 aromatic carbocycles. The molecule has 84 heavy (non-hydrogen) atoms. The Hall–Kier alpha value is -7.21. The van der Waals surface area contributed by atoms with Crippen LogP contribution in [0.3, 0.4) is 0 Å². The van der Waals surface area contributed by atoms with Crippen LogP contribution in [-0.4, -0.2) is 232 Å². The van der Waals surface area contributed by atoms with Gasteiger partial charge in [0.2, 0.25) is 5.91 Å². The van der Waals surface area contributed by atoms with Crippen molar-refractivity contribution < 1.29 is 157 Å². The number of hydrogen-bond acceptors (Lipinski definition) is 33. The van der Waals surface area contributed by atoms with E-state index in [0.29, 0.717) is 0 Å². The first kappa shape index (κ1) is 69.3. The summed E-state index contributed by atoms with van der Waals surface area (Å²) in [7, 11) is 0. The van der Waals surface area contributed by atoms with E-state index in [1.807, 2.05) is 0 Å². The highest BCUT2D eigenvalue weighted by Gasteiger charge is 2.61. The third kappa shape index (κ3) is 20.5. The Morgan fingerprint density at radius 1 is 0.298 bits per heavy atom. The van der Waals surface area contributed by atoms with E-state index in [1.165, 1.54) is 0 Å². The zero-order chi connectivity index (χ0) is 63.0. The topological polar surface area (TPSA) is 430 Å². The fourth-order valence-corrected chi connectivity index (χ4v) is 9.16. The van der Waals surface area contributed by atoms with E-state index in [-0.39, 0.29) is 0 Å². The number of esters is 12. The highest BCUT2D eigenvalue weighted by molar-refractivity contribution is 5.74. The lowest BCUT2D eigenvalue weighted by Crippen LogP contribution is -2.71. The van der Waals surface area contributed by atoms with E-state index in [4.69, 9.17) is 90.0 Å². The van der Waals surface area contributed by atoms with Gasteiger partial charge < -0.3 is 100 Å². The molecule has 4 heterocycles. The largest absolute Gasteiger partial charge is 0.463 e. The number of amides is 1. The SMILES string of the molecule is CC(=O)NC1C(OC2C(OC(C)=O)C(COC(C)=O)OC(OC3C(COC(C)=O)OC(O)C(OC(C)=O)C3OC(C)=O)C2OC(C)=O)OC(COC(C)=O)C(OC2OC(COC(C)=O)C(OC(C)=O)C(OC(C)=O)C2OC(C)=O)C1OC(C)=O. The quantitative estimate of drug-likeness (QED) is 0.0773. The number of ether oxygens (including phenoxy) is 19. The molecule has 4 rings (SSSR count). The van der Waals surface area contributed by atoms with Gasteiger partial charge in [0.15, 0.2) is 74.0 Å². The maximum atomic E-state index is 13.4. The predicted molar refractivity (Wildman–Crippen MR) is 260 cm³/mol. The Labute approximate surface area is 478 Å². The minimum atomic E-state index is -2.17. The van der Waals surface area contributed by atoms with Gasteiger partial charge in [-0.25, -0.2) is 0 Å². The fraction of sp³-hybridized carbons (Fsp3) is 0.740. The molecule has 4 saturated heterocycles. The summed E-state index contributed by atoms with van der Waals surface area (Å²) in [6.07, 6.45) is -36.7. The van der Waals surface area contributed by atoms with Crippen molar-refractivity contribution in [1.29, 1.82) is 0 Å². The standard InChI is InChI=1S/C50H69NO33/c1-18(52)51-35-40(72-25(8)59)36(82-49-45(76-29(12)63)42(74-27(10)61)37(70-23(6)57)33(80-49)16-68-21(4)55)32(15-67-20(3)54)79-48(35)84-43-38(71-24(7)58)34(17-69-22(5)56)81-50(46(43)77-30(13)64)83-39-31(14-66-19(2)53)78-47(65)44(75-28(11)62)41(39)73-26(9)60/h31-50,65H,14-17H2,1-13H3,(H,51,52). The van der Waals surface area contributed by atoms with Gasteiger partial charge in [0.25, 0.3) is 0 Å². The van der Waals surface area contributed by atoms with Crippen molar-refractivity contribution in [1.82, 2.24) is 5.32 Å². The second-order valence-electron chi connectivity index (χ2n) is 19.0. The number of carbonyl (C=O) groups is 13. The molecular formula is C50H69NO33. The van der Waals surface area contributed by atoms with E-state index >= 15 is 0 Å². The first-order valence-corrected chi connectivity index (χ1v) is 25.7. The van der Waals surface area contributed by atoms with Crippen molar-refractivity contribution in [3.63, 3.8) is 0 Å². The molecule has 1 amide bonds. The third-order valence-electron chi connectivity index (χ3n) is 11.9. The molecule has 0 bridgehead atoms. The van der Waals surface area contributed by atoms with Gasteiger partial charge in [-0.2, -0.15) is 0 Å².